The van der Waals surface area contributed by atoms with E-state index in [2.05, 4.69) is 0 Å². The van der Waals surface area contributed by atoms with Crippen molar-refractivity contribution in [1.29, 1.82) is 0 Å². The molecule has 2 aromatic carbocycles. The van der Waals surface area contributed by atoms with Crippen molar-refractivity contribution in [2.24, 2.45) is 0 Å². The van der Waals surface area contributed by atoms with E-state index in [1.54, 1.807) is 4.90 Å². The maximum atomic E-state index is 12.7. The van der Waals surface area contributed by atoms with Crippen molar-refractivity contribution < 1.29 is 14.3 Å². The predicted molar refractivity (Wildman–Crippen MR) is 116 cm³/mol. The zero-order valence-electron chi connectivity index (χ0n) is 15.4. The van der Waals surface area contributed by atoms with E-state index in [4.69, 9.17) is 21.7 Å². The van der Waals surface area contributed by atoms with E-state index in [-0.39, 0.29) is 12.0 Å². The van der Waals surface area contributed by atoms with Gasteiger partial charge >= 0.3 is 0 Å². The molecule has 2 saturated heterocycles. The first-order valence-corrected chi connectivity index (χ1v) is 10.6. The number of nitrogens with zero attached hydrogens (tertiary/aromatic N) is 1. The van der Waals surface area contributed by atoms with Gasteiger partial charge in [0.15, 0.2) is 0 Å². The lowest BCUT2D eigenvalue weighted by molar-refractivity contribution is -0.123. The molecule has 0 aromatic heterocycles. The highest BCUT2D eigenvalue weighted by molar-refractivity contribution is 8.26. The Balaban J connectivity index is 1.38. The Morgan fingerprint density at radius 1 is 1.18 bits per heavy atom. The van der Waals surface area contributed by atoms with Crippen LogP contribution in [0.15, 0.2) is 59.5 Å². The molecule has 0 bridgehead atoms. The summed E-state index contributed by atoms with van der Waals surface area (Å²) in [6.07, 6.45) is 4.02. The lowest BCUT2D eigenvalue weighted by Crippen LogP contribution is -2.35. The fourth-order valence-electron chi connectivity index (χ4n) is 3.20. The van der Waals surface area contributed by atoms with Crippen LogP contribution in [0.4, 0.5) is 0 Å². The second-order valence-corrected chi connectivity index (χ2v) is 8.45. The van der Waals surface area contributed by atoms with Crippen LogP contribution in [0.1, 0.15) is 24.0 Å². The average Bonchev–Trinajstić information content (AvgIpc) is 3.33. The Labute approximate surface area is 174 Å². The van der Waals surface area contributed by atoms with Gasteiger partial charge in [-0.1, -0.05) is 66.4 Å². The van der Waals surface area contributed by atoms with Crippen LogP contribution in [-0.2, 0) is 16.1 Å². The molecule has 0 radical (unpaired) electrons. The van der Waals surface area contributed by atoms with Crippen LogP contribution < -0.4 is 4.74 Å². The van der Waals surface area contributed by atoms with E-state index in [1.807, 2.05) is 60.7 Å². The first-order valence-electron chi connectivity index (χ1n) is 9.33. The first kappa shape index (κ1) is 19.2. The molecule has 2 aliphatic heterocycles. The molecule has 0 spiro atoms. The summed E-state index contributed by atoms with van der Waals surface area (Å²) in [6, 6.07) is 17.8. The molecule has 144 valence electrons. The van der Waals surface area contributed by atoms with Crippen LogP contribution in [0.5, 0.6) is 5.75 Å². The molecule has 2 heterocycles. The lowest BCUT2D eigenvalue weighted by atomic mass is 10.2. The number of benzene rings is 2. The molecule has 6 heteroatoms. The molecule has 4 nitrogen and oxygen atoms in total. The molecule has 0 unspecified atom stereocenters. The van der Waals surface area contributed by atoms with Gasteiger partial charge in [0.05, 0.1) is 17.6 Å². The molecule has 4 rings (SSSR count). The van der Waals surface area contributed by atoms with Gasteiger partial charge in [0.1, 0.15) is 16.7 Å². The Morgan fingerprint density at radius 3 is 2.68 bits per heavy atom. The number of hydrogen-bond donors (Lipinski definition) is 0. The van der Waals surface area contributed by atoms with Crippen molar-refractivity contribution in [2.45, 2.75) is 25.6 Å². The summed E-state index contributed by atoms with van der Waals surface area (Å²) in [4.78, 5) is 15.0. The summed E-state index contributed by atoms with van der Waals surface area (Å²) in [7, 11) is 0. The van der Waals surface area contributed by atoms with Crippen LogP contribution in [0.25, 0.3) is 6.08 Å². The van der Waals surface area contributed by atoms with Crippen molar-refractivity contribution in [3.8, 4) is 5.75 Å². The summed E-state index contributed by atoms with van der Waals surface area (Å²) >= 11 is 6.75. The minimum Gasteiger partial charge on any atom is -0.489 e. The van der Waals surface area contributed by atoms with Crippen molar-refractivity contribution in [1.82, 2.24) is 4.90 Å². The van der Waals surface area contributed by atoms with Gasteiger partial charge in [0, 0.05) is 6.61 Å². The predicted octanol–water partition coefficient (Wildman–Crippen LogP) is 4.65. The minimum atomic E-state index is -0.0325. The van der Waals surface area contributed by atoms with E-state index in [1.165, 1.54) is 11.8 Å². The summed E-state index contributed by atoms with van der Waals surface area (Å²) in [5.74, 6) is 0.766. The fourth-order valence-corrected chi connectivity index (χ4v) is 4.48. The Morgan fingerprint density at radius 2 is 1.96 bits per heavy atom. The topological polar surface area (TPSA) is 38.8 Å². The van der Waals surface area contributed by atoms with Crippen molar-refractivity contribution in [2.75, 3.05) is 13.2 Å². The van der Waals surface area contributed by atoms with Crippen molar-refractivity contribution >= 4 is 40.3 Å². The molecule has 1 amide bonds. The van der Waals surface area contributed by atoms with E-state index < -0.39 is 0 Å². The molecular formula is C22H21NO3S2. The number of carbonyl (C=O) groups excluding carboxylic acids is 1. The molecule has 2 fully saturated rings. The van der Waals surface area contributed by atoms with Gasteiger partial charge in [0.2, 0.25) is 0 Å². The van der Waals surface area contributed by atoms with E-state index in [0.717, 1.165) is 36.3 Å². The standard InChI is InChI=1S/C22H21NO3S2/c24-21-20(28-22(27)23(21)14-19-7-4-12-25-19)13-16-8-10-18(11-9-16)26-15-17-5-2-1-3-6-17/h1-3,5-6,8-11,13,19H,4,7,12,14-15H2/b20-13-/t19-/m0/s1. The quantitative estimate of drug-likeness (QED) is 0.511. The van der Waals surface area contributed by atoms with Crippen LogP contribution in [0.2, 0.25) is 0 Å². The molecule has 2 aliphatic rings. The fraction of sp³-hybridized carbons (Fsp3) is 0.273. The minimum absolute atomic E-state index is 0.0325. The third kappa shape index (κ3) is 4.63. The number of thiocarbonyl (C=S) groups is 1. The van der Waals surface area contributed by atoms with Crippen LogP contribution in [0, 0.1) is 0 Å². The third-order valence-electron chi connectivity index (χ3n) is 4.71. The highest BCUT2D eigenvalue weighted by atomic mass is 32.2. The van der Waals surface area contributed by atoms with Crippen LogP contribution in [-0.4, -0.2) is 34.4 Å². The number of carbonyl (C=O) groups is 1. The summed E-state index contributed by atoms with van der Waals surface area (Å²) in [6.45, 7) is 1.85. The molecular weight excluding hydrogens is 390 g/mol. The Hall–Kier alpha value is -2.15. The third-order valence-corrected chi connectivity index (χ3v) is 6.09. The SMILES string of the molecule is O=C1/C(=C/c2ccc(OCc3ccccc3)cc2)SC(=S)N1C[C@@H]1CCCO1. The smallest absolute Gasteiger partial charge is 0.266 e. The molecule has 2 aromatic rings. The zero-order valence-corrected chi connectivity index (χ0v) is 17.0. The summed E-state index contributed by atoms with van der Waals surface area (Å²) in [5.41, 5.74) is 2.08. The highest BCUT2D eigenvalue weighted by Gasteiger charge is 2.34. The first-order chi connectivity index (χ1) is 13.7. The zero-order chi connectivity index (χ0) is 19.3. The van der Waals surface area contributed by atoms with E-state index in [0.29, 0.717) is 22.4 Å². The van der Waals surface area contributed by atoms with Gasteiger partial charge in [-0.15, -0.1) is 0 Å². The molecule has 0 N–H and O–H groups in total. The average molecular weight is 412 g/mol. The van der Waals surface area contributed by atoms with Gasteiger partial charge in [-0.2, -0.15) is 0 Å². The van der Waals surface area contributed by atoms with Gasteiger partial charge in [-0.05, 0) is 42.2 Å². The maximum Gasteiger partial charge on any atom is 0.266 e. The second kappa shape index (κ2) is 8.90. The van der Waals surface area contributed by atoms with Crippen molar-refractivity contribution in [3.05, 3.63) is 70.6 Å². The van der Waals surface area contributed by atoms with Gasteiger partial charge in [-0.3, -0.25) is 9.69 Å². The van der Waals surface area contributed by atoms with Crippen LogP contribution in [0.3, 0.4) is 0 Å². The van der Waals surface area contributed by atoms with Crippen LogP contribution >= 0.6 is 24.0 Å². The number of rotatable bonds is 6. The lowest BCUT2D eigenvalue weighted by Gasteiger charge is -2.18. The highest BCUT2D eigenvalue weighted by Crippen LogP contribution is 2.33. The number of hydrogen-bond acceptors (Lipinski definition) is 5. The molecule has 0 aliphatic carbocycles. The van der Waals surface area contributed by atoms with Gasteiger partial charge in [-0.25, -0.2) is 0 Å². The Kier molecular flexibility index (Phi) is 6.10. The van der Waals surface area contributed by atoms with Gasteiger partial charge in [0.25, 0.3) is 5.91 Å². The molecule has 0 saturated carbocycles. The summed E-state index contributed by atoms with van der Waals surface area (Å²) in [5, 5.41) is 0. The normalized spacial score (nSPS) is 20.9. The maximum absolute atomic E-state index is 12.7. The van der Waals surface area contributed by atoms with E-state index in [9.17, 15) is 4.79 Å². The summed E-state index contributed by atoms with van der Waals surface area (Å²) < 4.78 is 12.1. The number of amides is 1. The second-order valence-electron chi connectivity index (χ2n) is 6.77. The van der Waals surface area contributed by atoms with E-state index >= 15 is 0 Å². The largest absolute Gasteiger partial charge is 0.489 e. The molecule has 1 atom stereocenters. The van der Waals surface area contributed by atoms with Crippen molar-refractivity contribution in [3.63, 3.8) is 0 Å². The van der Waals surface area contributed by atoms with Gasteiger partial charge < -0.3 is 9.47 Å². The number of ether oxygens (including phenoxy) is 2. The Bertz CT molecular complexity index is 874. The number of thioether (sulfide) groups is 1. The monoisotopic (exact) mass is 411 g/mol. The molecule has 28 heavy (non-hydrogen) atoms.